The van der Waals surface area contributed by atoms with E-state index in [1.807, 2.05) is 40.0 Å². The standard InChI is InChI=1S/C22H24N4O2.ClH/c27-21(22(8-11-23-12-9-22)26-13-4-10-24-26)25-14-7-18-15-19(28-20(18)16-25)17-5-2-1-3-6-17;/h1-6,10,13,15,23H,7-9,11-12,14,16H2;1H. The third-order valence-electron chi connectivity index (χ3n) is 6.00. The third-order valence-corrected chi connectivity index (χ3v) is 6.00. The predicted octanol–water partition coefficient (Wildman–Crippen LogP) is 3.23. The second kappa shape index (κ2) is 8.05. The lowest BCUT2D eigenvalue weighted by atomic mass is 9.86. The van der Waals surface area contributed by atoms with Crippen LogP contribution in [0.4, 0.5) is 0 Å². The number of aromatic nitrogens is 2. The normalized spacial score (nSPS) is 18.0. The second-order valence-electron chi connectivity index (χ2n) is 7.63. The van der Waals surface area contributed by atoms with E-state index in [9.17, 15) is 4.79 Å². The maximum atomic E-state index is 13.7. The number of nitrogens with one attached hydrogen (secondary N) is 1. The summed E-state index contributed by atoms with van der Waals surface area (Å²) in [7, 11) is 0. The third kappa shape index (κ3) is 3.47. The molecule has 1 aromatic carbocycles. The first-order valence-electron chi connectivity index (χ1n) is 9.93. The molecule has 1 N–H and O–H groups in total. The summed E-state index contributed by atoms with van der Waals surface area (Å²) in [6.45, 7) is 2.89. The van der Waals surface area contributed by atoms with Crippen molar-refractivity contribution in [3.05, 3.63) is 66.2 Å². The molecule has 0 atom stereocenters. The zero-order valence-electron chi connectivity index (χ0n) is 16.2. The minimum absolute atomic E-state index is 0. The molecule has 1 fully saturated rings. The summed E-state index contributed by atoms with van der Waals surface area (Å²) >= 11 is 0. The van der Waals surface area contributed by atoms with Gasteiger partial charge in [-0.25, -0.2) is 0 Å². The SMILES string of the molecule is Cl.O=C(N1CCc2cc(-c3ccccc3)oc2C1)C1(n2cccn2)CCNCC1. The molecule has 0 spiro atoms. The van der Waals surface area contributed by atoms with Crippen molar-refractivity contribution in [2.75, 3.05) is 19.6 Å². The van der Waals surface area contributed by atoms with Crippen molar-refractivity contribution in [2.45, 2.75) is 31.3 Å². The second-order valence-corrected chi connectivity index (χ2v) is 7.63. The van der Waals surface area contributed by atoms with E-state index in [1.54, 1.807) is 6.20 Å². The number of halogens is 1. The van der Waals surface area contributed by atoms with Crippen LogP contribution in [0.3, 0.4) is 0 Å². The lowest BCUT2D eigenvalue weighted by molar-refractivity contribution is -0.144. The van der Waals surface area contributed by atoms with Crippen molar-refractivity contribution in [2.24, 2.45) is 0 Å². The van der Waals surface area contributed by atoms with Gasteiger partial charge < -0.3 is 14.6 Å². The smallest absolute Gasteiger partial charge is 0.251 e. The van der Waals surface area contributed by atoms with Crippen LogP contribution in [0.2, 0.25) is 0 Å². The Balaban J connectivity index is 0.00000205. The molecule has 1 saturated heterocycles. The molecule has 3 aromatic rings. The van der Waals surface area contributed by atoms with E-state index in [0.29, 0.717) is 6.54 Å². The van der Waals surface area contributed by atoms with E-state index in [4.69, 9.17) is 4.42 Å². The monoisotopic (exact) mass is 412 g/mol. The van der Waals surface area contributed by atoms with E-state index in [1.165, 1.54) is 5.56 Å². The van der Waals surface area contributed by atoms with Crippen LogP contribution in [0.5, 0.6) is 0 Å². The van der Waals surface area contributed by atoms with Crippen LogP contribution in [0.15, 0.2) is 59.3 Å². The largest absolute Gasteiger partial charge is 0.459 e. The average Bonchev–Trinajstić information content (AvgIpc) is 3.44. The molecule has 4 heterocycles. The lowest BCUT2D eigenvalue weighted by Gasteiger charge is -2.41. The zero-order chi connectivity index (χ0) is 19.0. The van der Waals surface area contributed by atoms with Crippen LogP contribution in [0, 0.1) is 0 Å². The number of carbonyl (C=O) groups is 1. The number of carbonyl (C=O) groups excluding carboxylic acids is 1. The Kier molecular flexibility index (Phi) is 5.48. The van der Waals surface area contributed by atoms with Crippen molar-refractivity contribution < 1.29 is 9.21 Å². The Bertz CT molecular complexity index is 962. The van der Waals surface area contributed by atoms with Crippen molar-refractivity contribution in [3.8, 4) is 11.3 Å². The van der Waals surface area contributed by atoms with E-state index >= 15 is 0 Å². The molecular weight excluding hydrogens is 388 g/mol. The molecular formula is C22H25ClN4O2. The van der Waals surface area contributed by atoms with E-state index in [-0.39, 0.29) is 18.3 Å². The van der Waals surface area contributed by atoms with Crippen LogP contribution in [0.25, 0.3) is 11.3 Å². The van der Waals surface area contributed by atoms with Gasteiger partial charge in [0.15, 0.2) is 0 Å². The van der Waals surface area contributed by atoms with Crippen molar-refractivity contribution in [3.63, 3.8) is 0 Å². The highest BCUT2D eigenvalue weighted by Gasteiger charge is 2.45. The van der Waals surface area contributed by atoms with E-state index in [2.05, 4.69) is 28.6 Å². The number of hydrogen-bond acceptors (Lipinski definition) is 4. The van der Waals surface area contributed by atoms with Crippen LogP contribution >= 0.6 is 12.4 Å². The zero-order valence-corrected chi connectivity index (χ0v) is 17.0. The molecule has 29 heavy (non-hydrogen) atoms. The molecule has 2 aromatic heterocycles. The Labute approximate surface area is 176 Å². The number of nitrogens with zero attached hydrogens (tertiary/aromatic N) is 3. The molecule has 2 aliphatic rings. The van der Waals surface area contributed by atoms with Crippen molar-refractivity contribution in [1.82, 2.24) is 20.0 Å². The molecule has 0 aliphatic carbocycles. The number of piperidine rings is 1. The van der Waals surface area contributed by atoms with Gasteiger partial charge in [-0.1, -0.05) is 30.3 Å². The summed E-state index contributed by atoms with van der Waals surface area (Å²) < 4.78 is 8.02. The predicted molar refractivity (Wildman–Crippen MR) is 113 cm³/mol. The highest BCUT2D eigenvalue weighted by molar-refractivity contribution is 5.85. The van der Waals surface area contributed by atoms with Crippen LogP contribution in [-0.4, -0.2) is 40.2 Å². The molecule has 0 bridgehead atoms. The fraction of sp³-hybridized carbons (Fsp3) is 0.364. The quantitative estimate of drug-likeness (QED) is 0.717. The maximum absolute atomic E-state index is 13.7. The van der Waals surface area contributed by atoms with Crippen LogP contribution < -0.4 is 5.32 Å². The van der Waals surface area contributed by atoms with Gasteiger partial charge in [0.05, 0.1) is 6.54 Å². The fourth-order valence-electron chi connectivity index (χ4n) is 4.44. The van der Waals surface area contributed by atoms with E-state index in [0.717, 1.165) is 56.0 Å². The Morgan fingerprint density at radius 3 is 2.66 bits per heavy atom. The molecule has 7 heteroatoms. The molecule has 2 aliphatic heterocycles. The number of benzene rings is 1. The van der Waals surface area contributed by atoms with Gasteiger partial charge in [-0.05, 0) is 50.0 Å². The van der Waals surface area contributed by atoms with Crippen molar-refractivity contribution >= 4 is 18.3 Å². The molecule has 5 rings (SSSR count). The molecule has 0 saturated carbocycles. The summed E-state index contributed by atoms with van der Waals surface area (Å²) in [4.78, 5) is 15.6. The first-order valence-corrected chi connectivity index (χ1v) is 9.93. The highest BCUT2D eigenvalue weighted by atomic mass is 35.5. The number of hydrogen-bond donors (Lipinski definition) is 1. The Hall–Kier alpha value is -2.57. The summed E-state index contributed by atoms with van der Waals surface area (Å²) in [5.74, 6) is 1.94. The summed E-state index contributed by atoms with van der Waals surface area (Å²) in [6.07, 6.45) is 6.00. The summed E-state index contributed by atoms with van der Waals surface area (Å²) in [5, 5.41) is 7.80. The van der Waals surface area contributed by atoms with Gasteiger partial charge in [0.25, 0.3) is 5.91 Å². The molecule has 152 valence electrons. The molecule has 0 radical (unpaired) electrons. The number of rotatable bonds is 3. The van der Waals surface area contributed by atoms with Gasteiger partial charge in [-0.2, -0.15) is 5.10 Å². The highest BCUT2D eigenvalue weighted by Crippen LogP contribution is 2.34. The summed E-state index contributed by atoms with van der Waals surface area (Å²) in [6, 6.07) is 14.1. The van der Waals surface area contributed by atoms with Crippen molar-refractivity contribution in [1.29, 1.82) is 0 Å². The first-order chi connectivity index (χ1) is 13.8. The van der Waals surface area contributed by atoms with Gasteiger partial charge >= 0.3 is 0 Å². The van der Waals surface area contributed by atoms with E-state index < -0.39 is 5.54 Å². The van der Waals surface area contributed by atoms with Crippen LogP contribution in [0.1, 0.15) is 24.2 Å². The summed E-state index contributed by atoms with van der Waals surface area (Å²) in [5.41, 5.74) is 1.68. The Morgan fingerprint density at radius 2 is 1.93 bits per heavy atom. The Morgan fingerprint density at radius 1 is 1.14 bits per heavy atom. The molecule has 1 amide bonds. The van der Waals surface area contributed by atoms with Gasteiger partial charge in [-0.15, -0.1) is 12.4 Å². The van der Waals surface area contributed by atoms with Gasteiger partial charge in [-0.3, -0.25) is 9.48 Å². The number of amides is 1. The van der Waals surface area contributed by atoms with Crippen LogP contribution in [-0.2, 0) is 23.3 Å². The first kappa shape index (κ1) is 19.7. The maximum Gasteiger partial charge on any atom is 0.251 e. The molecule has 0 unspecified atom stereocenters. The fourth-order valence-corrected chi connectivity index (χ4v) is 4.44. The van der Waals surface area contributed by atoms with Gasteiger partial charge in [0, 0.05) is 24.5 Å². The lowest BCUT2D eigenvalue weighted by Crippen LogP contribution is -2.56. The number of furan rings is 1. The minimum Gasteiger partial charge on any atom is -0.459 e. The topological polar surface area (TPSA) is 63.3 Å². The molecule has 6 nitrogen and oxygen atoms in total. The minimum atomic E-state index is -0.596. The van der Waals surface area contributed by atoms with Gasteiger partial charge in [0.2, 0.25) is 0 Å². The number of fused-ring (bicyclic) bond motifs is 1. The average molecular weight is 413 g/mol. The van der Waals surface area contributed by atoms with Gasteiger partial charge in [0.1, 0.15) is 17.1 Å².